The molecule has 0 bridgehead atoms. The lowest BCUT2D eigenvalue weighted by molar-refractivity contribution is 0.0943. The van der Waals surface area contributed by atoms with Gasteiger partial charge >= 0.3 is 0 Å². The number of alkyl halides is 3. The van der Waals surface area contributed by atoms with Gasteiger partial charge < -0.3 is 10.6 Å². The van der Waals surface area contributed by atoms with Crippen LogP contribution in [0.4, 0.5) is 5.69 Å². The van der Waals surface area contributed by atoms with Gasteiger partial charge in [0.05, 0.1) is 0 Å². The number of hydrogen-bond acceptors (Lipinski definition) is 2. The number of benzene rings is 2. The van der Waals surface area contributed by atoms with E-state index in [9.17, 15) is 4.79 Å². The summed E-state index contributed by atoms with van der Waals surface area (Å²) in [7, 11) is 0. The molecule has 1 atom stereocenters. The number of rotatable bonds is 4. The highest BCUT2D eigenvalue weighted by Gasteiger charge is 2.32. The molecule has 0 aliphatic rings. The molecule has 0 aliphatic carbocycles. The molecule has 0 fully saturated rings. The van der Waals surface area contributed by atoms with E-state index in [1.807, 2.05) is 30.3 Å². The topological polar surface area (TPSA) is 41.1 Å². The van der Waals surface area contributed by atoms with E-state index in [1.165, 1.54) is 0 Å². The summed E-state index contributed by atoms with van der Waals surface area (Å²) in [6, 6.07) is 16.3. The SMILES string of the molecule is O=C(N[C@H](Nc1cccc(Cl)c1)C(Br)(Br)Br)c1ccccc1. The second-order valence-corrected chi connectivity index (χ2v) is 11.9. The third kappa shape index (κ3) is 5.26. The van der Waals surface area contributed by atoms with Gasteiger partial charge in [-0.2, -0.15) is 0 Å². The average Bonchev–Trinajstić information content (AvgIpc) is 2.46. The monoisotopic (exact) mass is 508 g/mol. The molecular formula is C15H12Br3ClN2O. The molecule has 0 aliphatic heterocycles. The number of nitrogens with one attached hydrogen (secondary N) is 2. The van der Waals surface area contributed by atoms with Gasteiger partial charge in [-0.15, -0.1) is 0 Å². The molecule has 0 heterocycles. The Morgan fingerprint density at radius 2 is 1.73 bits per heavy atom. The van der Waals surface area contributed by atoms with Crippen molar-refractivity contribution in [3.63, 3.8) is 0 Å². The molecule has 2 aromatic rings. The highest BCUT2D eigenvalue weighted by molar-refractivity contribution is 9.39. The summed E-state index contributed by atoms with van der Waals surface area (Å²) in [5.74, 6) is -0.192. The van der Waals surface area contributed by atoms with Gasteiger partial charge in [-0.25, -0.2) is 0 Å². The summed E-state index contributed by atoms with van der Waals surface area (Å²) in [6.45, 7) is 0. The fourth-order valence-corrected chi connectivity index (χ4v) is 2.63. The number of carbonyl (C=O) groups excluding carboxylic acids is 1. The molecule has 1 amide bonds. The van der Waals surface area contributed by atoms with Gasteiger partial charge in [0, 0.05) is 16.3 Å². The fraction of sp³-hybridized carbons (Fsp3) is 0.133. The summed E-state index contributed by atoms with van der Waals surface area (Å²) in [4.78, 5) is 12.3. The number of carbonyl (C=O) groups is 1. The molecule has 7 heteroatoms. The van der Waals surface area contributed by atoms with Crippen LogP contribution in [0.15, 0.2) is 54.6 Å². The zero-order valence-electron chi connectivity index (χ0n) is 11.2. The van der Waals surface area contributed by atoms with E-state index in [4.69, 9.17) is 11.6 Å². The number of halogens is 4. The lowest BCUT2D eigenvalue weighted by Crippen LogP contribution is -2.48. The standard InChI is InChI=1S/C15H12Br3ClN2O/c16-15(17,18)14(20-12-8-4-7-11(19)9-12)21-13(22)10-5-2-1-3-6-10/h1-9,14,20H,(H,21,22)/t14-/m0/s1. The smallest absolute Gasteiger partial charge is 0.252 e. The van der Waals surface area contributed by atoms with Gasteiger partial charge in [0.1, 0.15) is 6.17 Å². The third-order valence-electron chi connectivity index (χ3n) is 2.77. The number of hydrogen-bond donors (Lipinski definition) is 2. The minimum Gasteiger partial charge on any atom is -0.363 e. The van der Waals surface area contributed by atoms with Gasteiger partial charge in [-0.1, -0.05) is 83.7 Å². The summed E-state index contributed by atoms with van der Waals surface area (Å²) < 4.78 is -0.722. The van der Waals surface area contributed by atoms with Gasteiger partial charge in [0.25, 0.3) is 5.91 Å². The van der Waals surface area contributed by atoms with Gasteiger partial charge in [-0.05, 0) is 30.3 Å². The molecule has 2 rings (SSSR count). The average molecular weight is 511 g/mol. The summed E-state index contributed by atoms with van der Waals surface area (Å²) in [5, 5.41) is 6.72. The minimum atomic E-state index is -0.722. The van der Waals surface area contributed by atoms with E-state index in [0.29, 0.717) is 10.6 Å². The van der Waals surface area contributed by atoms with E-state index in [0.717, 1.165) is 5.69 Å². The Bertz CT molecular complexity index is 647. The predicted molar refractivity (Wildman–Crippen MR) is 102 cm³/mol. The minimum absolute atomic E-state index is 0.192. The summed E-state index contributed by atoms with van der Waals surface area (Å²) >= 11 is 16.3. The van der Waals surface area contributed by atoms with Crippen molar-refractivity contribution in [1.29, 1.82) is 0 Å². The second kappa shape index (κ2) is 7.81. The van der Waals surface area contributed by atoms with E-state index < -0.39 is 8.31 Å². The summed E-state index contributed by atoms with van der Waals surface area (Å²) in [5.41, 5.74) is 1.37. The van der Waals surface area contributed by atoms with Crippen LogP contribution in [0, 0.1) is 0 Å². The molecule has 3 nitrogen and oxygen atoms in total. The lowest BCUT2D eigenvalue weighted by atomic mass is 10.2. The maximum absolute atomic E-state index is 12.3. The molecule has 0 saturated heterocycles. The Labute approximate surface area is 159 Å². The second-order valence-electron chi connectivity index (χ2n) is 4.47. The van der Waals surface area contributed by atoms with Crippen LogP contribution in [0.5, 0.6) is 0 Å². The molecule has 0 saturated carbocycles. The van der Waals surface area contributed by atoms with E-state index in [1.54, 1.807) is 24.3 Å². The van der Waals surface area contributed by atoms with Crippen LogP contribution in [-0.2, 0) is 0 Å². The highest BCUT2D eigenvalue weighted by atomic mass is 80.0. The van der Waals surface area contributed by atoms with Crippen molar-refractivity contribution in [3.05, 3.63) is 65.2 Å². The highest BCUT2D eigenvalue weighted by Crippen LogP contribution is 2.37. The Morgan fingerprint density at radius 1 is 1.05 bits per heavy atom. The first kappa shape index (κ1) is 17.8. The maximum atomic E-state index is 12.3. The molecule has 116 valence electrons. The van der Waals surface area contributed by atoms with Crippen LogP contribution in [0.1, 0.15) is 10.4 Å². The van der Waals surface area contributed by atoms with Crippen LogP contribution >= 0.6 is 59.4 Å². The molecule has 2 aromatic carbocycles. The van der Waals surface area contributed by atoms with Crippen molar-refractivity contribution in [1.82, 2.24) is 5.32 Å². The molecular weight excluding hydrogens is 499 g/mol. The van der Waals surface area contributed by atoms with Crippen LogP contribution in [0.25, 0.3) is 0 Å². The first-order chi connectivity index (χ1) is 10.4. The van der Waals surface area contributed by atoms with E-state index >= 15 is 0 Å². The van der Waals surface area contributed by atoms with Crippen molar-refractivity contribution in [2.24, 2.45) is 0 Å². The Hall–Kier alpha value is -0.560. The summed E-state index contributed by atoms with van der Waals surface area (Å²) in [6.07, 6.45) is -0.473. The number of amides is 1. The van der Waals surface area contributed by atoms with Gasteiger partial charge in [-0.3, -0.25) is 4.79 Å². The normalized spacial score (nSPS) is 12.5. The zero-order chi connectivity index (χ0) is 16.2. The molecule has 22 heavy (non-hydrogen) atoms. The van der Waals surface area contributed by atoms with Crippen molar-refractivity contribution in [3.8, 4) is 0 Å². The maximum Gasteiger partial charge on any atom is 0.252 e. The van der Waals surface area contributed by atoms with E-state index in [-0.39, 0.29) is 5.91 Å². The molecule has 0 spiro atoms. The molecule has 0 radical (unpaired) electrons. The van der Waals surface area contributed by atoms with Crippen LogP contribution in [0.2, 0.25) is 5.02 Å². The molecule has 0 aromatic heterocycles. The molecule has 2 N–H and O–H groups in total. The van der Waals surface area contributed by atoms with Crippen molar-refractivity contribution >= 4 is 71.0 Å². The Balaban J connectivity index is 2.15. The molecule has 0 unspecified atom stereocenters. The first-order valence-corrected chi connectivity index (χ1v) is 9.07. The van der Waals surface area contributed by atoms with Crippen LogP contribution in [-0.4, -0.2) is 14.2 Å². The largest absolute Gasteiger partial charge is 0.363 e. The Kier molecular flexibility index (Phi) is 6.32. The lowest BCUT2D eigenvalue weighted by Gasteiger charge is -2.28. The van der Waals surface area contributed by atoms with Gasteiger partial charge in [0.15, 0.2) is 2.14 Å². The zero-order valence-corrected chi connectivity index (χ0v) is 16.7. The van der Waals surface area contributed by atoms with Crippen LogP contribution < -0.4 is 10.6 Å². The van der Waals surface area contributed by atoms with Gasteiger partial charge in [0.2, 0.25) is 0 Å². The van der Waals surface area contributed by atoms with Crippen molar-refractivity contribution in [2.45, 2.75) is 8.31 Å². The van der Waals surface area contributed by atoms with Crippen molar-refractivity contribution < 1.29 is 4.79 Å². The quantitative estimate of drug-likeness (QED) is 0.430. The fourth-order valence-electron chi connectivity index (χ4n) is 1.75. The predicted octanol–water partition coefficient (Wildman–Crippen LogP) is 5.35. The third-order valence-corrected chi connectivity index (χ3v) is 4.38. The van der Waals surface area contributed by atoms with Crippen LogP contribution in [0.3, 0.4) is 0 Å². The number of anilines is 1. The first-order valence-electron chi connectivity index (χ1n) is 6.31. The van der Waals surface area contributed by atoms with Crippen molar-refractivity contribution in [2.75, 3.05) is 5.32 Å². The Morgan fingerprint density at radius 3 is 2.32 bits per heavy atom. The van der Waals surface area contributed by atoms with E-state index in [2.05, 4.69) is 58.4 Å².